The monoisotopic (exact) mass is 361 g/mol. The van der Waals surface area contributed by atoms with Gasteiger partial charge in [0, 0.05) is 11.3 Å². The Labute approximate surface area is 157 Å². The van der Waals surface area contributed by atoms with Crippen molar-refractivity contribution in [2.45, 2.75) is 6.42 Å². The maximum Gasteiger partial charge on any atom is 0.310 e. The number of hydrogen-bond donors (Lipinski definition) is 2. The quantitative estimate of drug-likeness (QED) is 0.655. The molecule has 0 fully saturated rings. The summed E-state index contributed by atoms with van der Waals surface area (Å²) in [6.45, 7) is -0.361. The Morgan fingerprint density at radius 1 is 0.852 bits per heavy atom. The highest BCUT2D eigenvalue weighted by Gasteiger charge is 2.11. The van der Waals surface area contributed by atoms with Crippen LogP contribution in [0, 0.1) is 0 Å². The fourth-order valence-corrected chi connectivity index (χ4v) is 2.63. The molecule has 0 saturated heterocycles. The Morgan fingerprint density at radius 3 is 2.26 bits per heavy atom. The lowest BCUT2D eigenvalue weighted by Crippen LogP contribution is -2.22. The van der Waals surface area contributed by atoms with Gasteiger partial charge in [-0.3, -0.25) is 9.59 Å². The molecular weight excluding hydrogens is 342 g/mol. The van der Waals surface area contributed by atoms with Crippen molar-refractivity contribution in [3.8, 4) is 16.9 Å². The smallest absolute Gasteiger partial charge is 0.310 e. The summed E-state index contributed by atoms with van der Waals surface area (Å²) in [6, 6.07) is 23.4. The Balaban J connectivity index is 1.57. The van der Waals surface area contributed by atoms with E-state index in [1.807, 2.05) is 48.5 Å². The van der Waals surface area contributed by atoms with Crippen LogP contribution in [0.1, 0.15) is 5.56 Å². The number of amides is 1. The summed E-state index contributed by atoms with van der Waals surface area (Å²) in [5, 5.41) is 12.0. The van der Waals surface area contributed by atoms with Crippen LogP contribution in [0.15, 0.2) is 78.9 Å². The van der Waals surface area contributed by atoms with Crippen LogP contribution in [-0.2, 0) is 20.7 Å². The summed E-state index contributed by atoms with van der Waals surface area (Å²) < 4.78 is 5.04. The van der Waals surface area contributed by atoms with Gasteiger partial charge >= 0.3 is 5.97 Å². The Bertz CT molecular complexity index is 921. The molecule has 0 unspecified atom stereocenters. The van der Waals surface area contributed by atoms with Crippen LogP contribution < -0.4 is 5.32 Å². The summed E-state index contributed by atoms with van der Waals surface area (Å²) in [5.41, 5.74) is 3.23. The van der Waals surface area contributed by atoms with Crippen molar-refractivity contribution in [1.82, 2.24) is 0 Å². The van der Waals surface area contributed by atoms with E-state index in [0.717, 1.165) is 11.1 Å². The average molecular weight is 361 g/mol. The van der Waals surface area contributed by atoms with E-state index in [-0.39, 0.29) is 18.8 Å². The van der Waals surface area contributed by atoms with E-state index in [4.69, 9.17) is 4.74 Å². The molecule has 3 rings (SSSR count). The lowest BCUT2D eigenvalue weighted by atomic mass is 10.0. The molecule has 5 heteroatoms. The molecule has 0 heterocycles. The molecular formula is C22H19NO4. The zero-order valence-electron chi connectivity index (χ0n) is 14.6. The lowest BCUT2D eigenvalue weighted by Gasteiger charge is -2.11. The largest absolute Gasteiger partial charge is 0.508 e. The Morgan fingerprint density at radius 2 is 1.52 bits per heavy atom. The van der Waals surface area contributed by atoms with Gasteiger partial charge < -0.3 is 15.2 Å². The minimum Gasteiger partial charge on any atom is -0.508 e. The number of esters is 1. The molecule has 136 valence electrons. The number of phenolic OH excluding ortho intramolecular Hbond substituents is 1. The van der Waals surface area contributed by atoms with Crippen LogP contribution in [0.25, 0.3) is 11.1 Å². The van der Waals surface area contributed by atoms with Gasteiger partial charge in [0.1, 0.15) is 5.75 Å². The van der Waals surface area contributed by atoms with E-state index in [0.29, 0.717) is 11.3 Å². The zero-order chi connectivity index (χ0) is 19.1. The van der Waals surface area contributed by atoms with Crippen molar-refractivity contribution in [1.29, 1.82) is 0 Å². The zero-order valence-corrected chi connectivity index (χ0v) is 14.6. The summed E-state index contributed by atoms with van der Waals surface area (Å²) in [6.07, 6.45) is 0.0359. The lowest BCUT2D eigenvalue weighted by molar-refractivity contribution is -0.146. The van der Waals surface area contributed by atoms with Crippen molar-refractivity contribution in [2.75, 3.05) is 11.9 Å². The number of nitrogens with one attached hydrogen (secondary N) is 1. The van der Waals surface area contributed by atoms with Crippen molar-refractivity contribution >= 4 is 17.6 Å². The van der Waals surface area contributed by atoms with Gasteiger partial charge in [0.05, 0.1) is 6.42 Å². The second-order valence-corrected chi connectivity index (χ2v) is 5.96. The fourth-order valence-electron chi connectivity index (χ4n) is 2.63. The first-order valence-corrected chi connectivity index (χ1v) is 8.49. The van der Waals surface area contributed by atoms with Gasteiger partial charge in [-0.25, -0.2) is 0 Å². The summed E-state index contributed by atoms with van der Waals surface area (Å²) in [4.78, 5) is 24.1. The third-order valence-corrected chi connectivity index (χ3v) is 3.93. The summed E-state index contributed by atoms with van der Waals surface area (Å²) >= 11 is 0. The van der Waals surface area contributed by atoms with Crippen LogP contribution in [0.3, 0.4) is 0 Å². The molecule has 0 saturated carbocycles. The third kappa shape index (κ3) is 5.19. The van der Waals surface area contributed by atoms with E-state index in [2.05, 4.69) is 5.32 Å². The van der Waals surface area contributed by atoms with Crippen LogP contribution in [0.4, 0.5) is 5.69 Å². The molecule has 0 aliphatic heterocycles. The van der Waals surface area contributed by atoms with Gasteiger partial charge in [-0.15, -0.1) is 0 Å². The van der Waals surface area contributed by atoms with Crippen LogP contribution in [-0.4, -0.2) is 23.6 Å². The molecule has 3 aromatic rings. The number of anilines is 1. The molecule has 0 aliphatic carbocycles. The van der Waals surface area contributed by atoms with E-state index >= 15 is 0 Å². The van der Waals surface area contributed by atoms with Crippen molar-refractivity contribution in [3.63, 3.8) is 0 Å². The Kier molecular flexibility index (Phi) is 5.84. The van der Waals surface area contributed by atoms with Gasteiger partial charge in [0.15, 0.2) is 6.61 Å². The van der Waals surface area contributed by atoms with Gasteiger partial charge in [-0.05, 0) is 29.3 Å². The predicted octanol–water partition coefficient (Wildman–Crippen LogP) is 3.78. The van der Waals surface area contributed by atoms with E-state index in [1.165, 1.54) is 12.1 Å². The Hall–Kier alpha value is -3.60. The number of para-hydroxylation sites is 1. The number of rotatable bonds is 6. The SMILES string of the molecule is O=C(COC(=O)Cc1ccc(O)cc1)Nc1ccccc1-c1ccccc1. The second kappa shape index (κ2) is 8.67. The van der Waals surface area contributed by atoms with Gasteiger partial charge in [-0.1, -0.05) is 60.7 Å². The van der Waals surface area contributed by atoms with Crippen molar-refractivity contribution < 1.29 is 19.4 Å². The molecule has 0 spiro atoms. The highest BCUT2D eigenvalue weighted by molar-refractivity contribution is 5.96. The normalized spacial score (nSPS) is 10.2. The number of benzene rings is 3. The van der Waals surface area contributed by atoms with Gasteiger partial charge in [0.2, 0.25) is 0 Å². The fraction of sp³-hybridized carbons (Fsp3) is 0.0909. The minimum atomic E-state index is -0.507. The number of carbonyl (C=O) groups excluding carboxylic acids is 2. The molecule has 0 aliphatic rings. The minimum absolute atomic E-state index is 0.0359. The summed E-state index contributed by atoms with van der Waals surface area (Å²) in [5.74, 6) is -0.784. The number of ether oxygens (including phenoxy) is 1. The highest BCUT2D eigenvalue weighted by Crippen LogP contribution is 2.27. The maximum absolute atomic E-state index is 12.2. The molecule has 5 nitrogen and oxygen atoms in total. The van der Waals surface area contributed by atoms with Gasteiger partial charge in [-0.2, -0.15) is 0 Å². The molecule has 2 N–H and O–H groups in total. The standard InChI is InChI=1S/C22H19NO4/c24-18-12-10-16(11-13-18)14-22(26)27-15-21(25)23-20-9-5-4-8-19(20)17-6-2-1-3-7-17/h1-13,24H,14-15H2,(H,23,25). The van der Waals surface area contributed by atoms with Crippen LogP contribution in [0.5, 0.6) is 5.75 Å². The number of hydrogen-bond acceptors (Lipinski definition) is 4. The number of carbonyl (C=O) groups is 2. The first-order valence-electron chi connectivity index (χ1n) is 8.49. The average Bonchev–Trinajstić information content (AvgIpc) is 2.69. The molecule has 0 radical (unpaired) electrons. The van der Waals surface area contributed by atoms with Crippen LogP contribution in [0.2, 0.25) is 0 Å². The molecule has 3 aromatic carbocycles. The second-order valence-electron chi connectivity index (χ2n) is 5.96. The van der Waals surface area contributed by atoms with Crippen LogP contribution >= 0.6 is 0 Å². The summed E-state index contributed by atoms with van der Waals surface area (Å²) in [7, 11) is 0. The molecule has 0 atom stereocenters. The van der Waals surface area contributed by atoms with Crippen molar-refractivity contribution in [3.05, 3.63) is 84.4 Å². The van der Waals surface area contributed by atoms with Crippen molar-refractivity contribution in [2.24, 2.45) is 0 Å². The predicted molar refractivity (Wildman–Crippen MR) is 103 cm³/mol. The van der Waals surface area contributed by atoms with E-state index < -0.39 is 11.9 Å². The van der Waals surface area contributed by atoms with Gasteiger partial charge in [0.25, 0.3) is 5.91 Å². The van der Waals surface area contributed by atoms with E-state index in [9.17, 15) is 14.7 Å². The van der Waals surface area contributed by atoms with E-state index in [1.54, 1.807) is 18.2 Å². The first-order chi connectivity index (χ1) is 13.1. The number of phenols is 1. The molecule has 1 amide bonds. The molecule has 0 aromatic heterocycles. The number of aromatic hydroxyl groups is 1. The molecule has 27 heavy (non-hydrogen) atoms. The maximum atomic E-state index is 12.2. The molecule has 0 bridgehead atoms. The first kappa shape index (κ1) is 18.2. The third-order valence-electron chi connectivity index (χ3n) is 3.93. The topological polar surface area (TPSA) is 75.6 Å². The highest BCUT2D eigenvalue weighted by atomic mass is 16.5.